The largest absolute Gasteiger partial charge is 0.369 e. The van der Waals surface area contributed by atoms with Crippen LogP contribution in [0.5, 0.6) is 0 Å². The molecule has 2 heteroatoms. The minimum Gasteiger partial charge on any atom is -0.369 e. The summed E-state index contributed by atoms with van der Waals surface area (Å²) < 4.78 is 0. The van der Waals surface area contributed by atoms with E-state index in [2.05, 4.69) is 41.1 Å². The molecule has 1 aliphatic rings. The van der Waals surface area contributed by atoms with Gasteiger partial charge in [0.25, 0.3) is 0 Å². The molecule has 0 unspecified atom stereocenters. The fraction of sp³-hybridized carbons (Fsp3) is 0.286. The van der Waals surface area contributed by atoms with Crippen molar-refractivity contribution in [3.63, 3.8) is 0 Å². The van der Waals surface area contributed by atoms with Crippen molar-refractivity contribution in [3.8, 4) is 0 Å². The average Bonchev–Trinajstić information content (AvgIpc) is 2.38. The monoisotopic (exact) mass is 214 g/mol. The first-order chi connectivity index (χ1) is 7.86. The average molecular weight is 214 g/mol. The fourth-order valence-corrected chi connectivity index (χ4v) is 1.81. The van der Waals surface area contributed by atoms with Crippen LogP contribution in [-0.2, 0) is 0 Å². The first-order valence-corrected chi connectivity index (χ1v) is 5.74. The summed E-state index contributed by atoms with van der Waals surface area (Å²) in [6.45, 7) is 8.32. The van der Waals surface area contributed by atoms with Crippen molar-refractivity contribution in [2.45, 2.75) is 0 Å². The summed E-state index contributed by atoms with van der Waals surface area (Å²) in [5.41, 5.74) is 2.32. The Morgan fingerprint density at radius 2 is 1.88 bits per heavy atom. The molecule has 0 atom stereocenters. The van der Waals surface area contributed by atoms with Gasteiger partial charge in [-0.3, -0.25) is 0 Å². The lowest BCUT2D eigenvalue weighted by molar-refractivity contribution is 0.308. The van der Waals surface area contributed by atoms with E-state index in [4.69, 9.17) is 0 Å². The van der Waals surface area contributed by atoms with Crippen molar-refractivity contribution >= 4 is 6.08 Å². The SMILES string of the molecule is C=C(/C=C/c1ccccc1)N1CCNCC1. The van der Waals surface area contributed by atoms with E-state index < -0.39 is 0 Å². The van der Waals surface area contributed by atoms with Crippen LogP contribution in [0.1, 0.15) is 5.56 Å². The molecule has 0 spiro atoms. The van der Waals surface area contributed by atoms with Gasteiger partial charge in [0.2, 0.25) is 0 Å². The van der Waals surface area contributed by atoms with Gasteiger partial charge in [0.1, 0.15) is 0 Å². The summed E-state index contributed by atoms with van der Waals surface area (Å²) in [6.07, 6.45) is 4.21. The summed E-state index contributed by atoms with van der Waals surface area (Å²) in [5, 5.41) is 3.34. The highest BCUT2D eigenvalue weighted by atomic mass is 15.2. The lowest BCUT2D eigenvalue weighted by atomic mass is 10.2. The maximum atomic E-state index is 4.10. The van der Waals surface area contributed by atoms with Gasteiger partial charge in [0.05, 0.1) is 0 Å². The van der Waals surface area contributed by atoms with E-state index in [0.29, 0.717) is 0 Å². The van der Waals surface area contributed by atoms with Crippen LogP contribution in [0.15, 0.2) is 48.7 Å². The molecule has 0 saturated carbocycles. The highest BCUT2D eigenvalue weighted by molar-refractivity contribution is 5.52. The van der Waals surface area contributed by atoms with Crippen molar-refractivity contribution in [1.82, 2.24) is 10.2 Å². The Morgan fingerprint density at radius 1 is 1.19 bits per heavy atom. The molecule has 0 aromatic heterocycles. The molecule has 1 aromatic rings. The molecule has 0 radical (unpaired) electrons. The highest BCUT2D eigenvalue weighted by Crippen LogP contribution is 2.08. The number of rotatable bonds is 3. The van der Waals surface area contributed by atoms with Gasteiger partial charge in [0.15, 0.2) is 0 Å². The Hall–Kier alpha value is -1.54. The molecule has 2 nitrogen and oxygen atoms in total. The van der Waals surface area contributed by atoms with Crippen LogP contribution in [-0.4, -0.2) is 31.1 Å². The second-order valence-corrected chi connectivity index (χ2v) is 3.97. The smallest absolute Gasteiger partial charge is 0.0303 e. The molecule has 0 amide bonds. The molecular weight excluding hydrogens is 196 g/mol. The molecule has 16 heavy (non-hydrogen) atoms. The zero-order chi connectivity index (χ0) is 11.2. The Balaban J connectivity index is 1.93. The number of hydrogen-bond donors (Lipinski definition) is 1. The Kier molecular flexibility index (Phi) is 3.78. The molecule has 84 valence electrons. The van der Waals surface area contributed by atoms with Crippen LogP contribution in [0.4, 0.5) is 0 Å². The topological polar surface area (TPSA) is 15.3 Å². The summed E-state index contributed by atoms with van der Waals surface area (Å²) in [5.74, 6) is 0. The van der Waals surface area contributed by atoms with Gasteiger partial charge in [-0.05, 0) is 11.6 Å². The molecule has 1 fully saturated rings. The predicted molar refractivity (Wildman–Crippen MR) is 69.1 cm³/mol. The second kappa shape index (κ2) is 5.52. The summed E-state index contributed by atoms with van der Waals surface area (Å²) in [4.78, 5) is 2.32. The van der Waals surface area contributed by atoms with Gasteiger partial charge in [-0.15, -0.1) is 0 Å². The first-order valence-electron chi connectivity index (χ1n) is 5.74. The zero-order valence-corrected chi connectivity index (χ0v) is 9.52. The third kappa shape index (κ3) is 2.97. The number of nitrogens with zero attached hydrogens (tertiary/aromatic N) is 1. The quantitative estimate of drug-likeness (QED) is 0.775. The maximum Gasteiger partial charge on any atom is 0.0303 e. The van der Waals surface area contributed by atoms with E-state index in [1.54, 1.807) is 0 Å². The van der Waals surface area contributed by atoms with Gasteiger partial charge in [-0.25, -0.2) is 0 Å². The van der Waals surface area contributed by atoms with Crippen molar-refractivity contribution in [1.29, 1.82) is 0 Å². The van der Waals surface area contributed by atoms with Gasteiger partial charge in [-0.1, -0.05) is 43.0 Å². The Morgan fingerprint density at radius 3 is 2.56 bits per heavy atom. The number of piperazine rings is 1. The van der Waals surface area contributed by atoms with Gasteiger partial charge in [-0.2, -0.15) is 0 Å². The third-order valence-corrected chi connectivity index (χ3v) is 2.79. The van der Waals surface area contributed by atoms with Crippen LogP contribution in [0.3, 0.4) is 0 Å². The number of nitrogens with one attached hydrogen (secondary N) is 1. The lowest BCUT2D eigenvalue weighted by Crippen LogP contribution is -2.42. The van der Waals surface area contributed by atoms with Gasteiger partial charge < -0.3 is 10.2 Å². The molecule has 1 heterocycles. The summed E-state index contributed by atoms with van der Waals surface area (Å²) in [6, 6.07) is 10.3. The normalized spacial score (nSPS) is 16.6. The molecule has 1 N–H and O–H groups in total. The van der Waals surface area contributed by atoms with Gasteiger partial charge in [0, 0.05) is 31.9 Å². The second-order valence-electron chi connectivity index (χ2n) is 3.97. The lowest BCUT2D eigenvalue weighted by Gasteiger charge is -2.29. The van der Waals surface area contributed by atoms with Crippen molar-refractivity contribution in [3.05, 3.63) is 54.2 Å². The van der Waals surface area contributed by atoms with E-state index >= 15 is 0 Å². The van der Waals surface area contributed by atoms with Crippen LogP contribution < -0.4 is 5.32 Å². The van der Waals surface area contributed by atoms with Crippen LogP contribution in [0.2, 0.25) is 0 Å². The van der Waals surface area contributed by atoms with E-state index in [1.807, 2.05) is 18.2 Å². The maximum absolute atomic E-state index is 4.10. The van der Waals surface area contributed by atoms with E-state index in [-0.39, 0.29) is 0 Å². The number of hydrogen-bond acceptors (Lipinski definition) is 2. The third-order valence-electron chi connectivity index (χ3n) is 2.79. The minimum atomic E-state index is 1.05. The standard InChI is InChI=1S/C14H18N2/c1-13(16-11-9-15-10-12-16)7-8-14-5-3-2-4-6-14/h2-8,15H,1,9-12H2/b8-7+. The molecule has 1 saturated heterocycles. The molecule has 0 aliphatic carbocycles. The minimum absolute atomic E-state index is 1.05. The molecule has 0 bridgehead atoms. The van der Waals surface area contributed by atoms with Crippen LogP contribution >= 0.6 is 0 Å². The summed E-state index contributed by atoms with van der Waals surface area (Å²) in [7, 11) is 0. The molecule has 1 aliphatic heterocycles. The molecule has 2 rings (SSSR count). The highest BCUT2D eigenvalue weighted by Gasteiger charge is 2.08. The molecule has 1 aromatic carbocycles. The van der Waals surface area contributed by atoms with Crippen molar-refractivity contribution in [2.24, 2.45) is 0 Å². The number of benzene rings is 1. The first kappa shape index (κ1) is 11.0. The zero-order valence-electron chi connectivity index (χ0n) is 9.52. The van der Waals surface area contributed by atoms with E-state index in [9.17, 15) is 0 Å². The van der Waals surface area contributed by atoms with E-state index in [1.165, 1.54) is 5.56 Å². The number of allylic oxidation sites excluding steroid dienone is 1. The predicted octanol–water partition coefficient (Wildman–Crippen LogP) is 2.12. The van der Waals surface area contributed by atoms with Crippen LogP contribution in [0, 0.1) is 0 Å². The molecular formula is C14H18N2. The summed E-state index contributed by atoms with van der Waals surface area (Å²) >= 11 is 0. The van der Waals surface area contributed by atoms with Gasteiger partial charge >= 0.3 is 0 Å². The van der Waals surface area contributed by atoms with Crippen molar-refractivity contribution < 1.29 is 0 Å². The van der Waals surface area contributed by atoms with Crippen LogP contribution in [0.25, 0.3) is 6.08 Å². The van der Waals surface area contributed by atoms with E-state index in [0.717, 1.165) is 31.9 Å². The van der Waals surface area contributed by atoms with Crippen molar-refractivity contribution in [2.75, 3.05) is 26.2 Å². The Bertz CT molecular complexity index is 362. The Labute approximate surface area is 97.3 Å². The fourth-order valence-electron chi connectivity index (χ4n) is 1.81.